The van der Waals surface area contributed by atoms with Crippen LogP contribution in [0.15, 0.2) is 41.4 Å². The van der Waals surface area contributed by atoms with E-state index in [1.807, 2.05) is 36.4 Å². The van der Waals surface area contributed by atoms with Gasteiger partial charge in [-0.05, 0) is 24.6 Å². The molecule has 9 heteroatoms. The number of benzene rings is 1. The number of morpholine rings is 1. The van der Waals surface area contributed by atoms with Gasteiger partial charge in [0.2, 0.25) is 5.91 Å². The molecule has 3 heterocycles. The number of Topliss-reactive ketones (excluding diaryl/α,β-unsaturated/α-hetero) is 1. The van der Waals surface area contributed by atoms with Crippen molar-refractivity contribution in [2.24, 2.45) is 0 Å². The number of nitrogens with one attached hydrogen (secondary N) is 1. The predicted molar refractivity (Wildman–Crippen MR) is 127 cm³/mol. The van der Waals surface area contributed by atoms with E-state index in [0.717, 1.165) is 64.2 Å². The van der Waals surface area contributed by atoms with Crippen LogP contribution in [-0.4, -0.2) is 65.2 Å². The Balaban J connectivity index is 1.43. The molecule has 0 spiro atoms. The molecule has 1 fully saturated rings. The third-order valence-corrected chi connectivity index (χ3v) is 7.28. The lowest BCUT2D eigenvalue weighted by atomic mass is 10.2. The number of fused-ring (bicyclic) bond motifs is 1. The number of ketones is 1. The monoisotopic (exact) mass is 470 g/mol. The van der Waals surface area contributed by atoms with Gasteiger partial charge in [-0.3, -0.25) is 14.5 Å². The highest BCUT2D eigenvalue weighted by molar-refractivity contribution is 8.00. The van der Waals surface area contributed by atoms with E-state index in [4.69, 9.17) is 14.7 Å². The molecule has 4 rings (SSSR count). The summed E-state index contributed by atoms with van der Waals surface area (Å²) in [5.74, 6) is 1.14. The molecule has 1 N–H and O–H groups in total. The zero-order chi connectivity index (χ0) is 22.3. The molecular formula is C23H26N4O3S2. The van der Waals surface area contributed by atoms with Crippen LogP contribution in [0.1, 0.15) is 27.3 Å². The first kappa shape index (κ1) is 22.8. The number of hydrogen-bond donors (Lipinski definition) is 1. The number of nitrogens with zero attached hydrogens (tertiary/aromatic N) is 3. The molecule has 1 amide bonds. The van der Waals surface area contributed by atoms with E-state index < -0.39 is 0 Å². The first-order valence-electron chi connectivity index (χ1n) is 10.6. The van der Waals surface area contributed by atoms with Crippen molar-refractivity contribution < 1.29 is 14.3 Å². The molecule has 0 bridgehead atoms. The highest BCUT2D eigenvalue weighted by Crippen LogP contribution is 2.27. The Bertz CT molecular complexity index is 1100. The molecule has 2 aromatic heterocycles. The summed E-state index contributed by atoms with van der Waals surface area (Å²) in [5, 5.41) is 4.60. The largest absolute Gasteiger partial charge is 0.379 e. The number of thiophene rings is 1. The number of thioether (sulfide) groups is 1. The number of carbonyl (C=O) groups excluding carboxylic acids is 2. The molecule has 0 aliphatic carbocycles. The van der Waals surface area contributed by atoms with E-state index in [-0.39, 0.29) is 11.7 Å². The number of rotatable bonds is 9. The molecule has 0 saturated carbocycles. The number of hydrogen-bond acceptors (Lipinski definition) is 8. The fourth-order valence-corrected chi connectivity index (χ4v) is 5.42. The fraction of sp³-hybridized carbons (Fsp3) is 0.391. The van der Waals surface area contributed by atoms with Gasteiger partial charge in [-0.2, -0.15) is 0 Å². The molecule has 0 atom stereocenters. The molecule has 3 aromatic rings. The summed E-state index contributed by atoms with van der Waals surface area (Å²) in [5.41, 5.74) is 0.900. The summed E-state index contributed by atoms with van der Waals surface area (Å²) in [4.78, 5) is 37.5. The van der Waals surface area contributed by atoms with Gasteiger partial charge in [0.05, 0.1) is 35.9 Å². The van der Waals surface area contributed by atoms with Crippen molar-refractivity contribution in [1.82, 2.24) is 20.2 Å². The zero-order valence-electron chi connectivity index (χ0n) is 18.0. The van der Waals surface area contributed by atoms with Gasteiger partial charge in [0, 0.05) is 36.8 Å². The molecule has 7 nitrogen and oxygen atoms in total. The van der Waals surface area contributed by atoms with E-state index >= 15 is 0 Å². The second-order valence-corrected chi connectivity index (χ2v) is 9.69. The van der Waals surface area contributed by atoms with Crippen molar-refractivity contribution in [2.45, 2.75) is 24.9 Å². The third-order valence-electron chi connectivity index (χ3n) is 5.11. The minimum Gasteiger partial charge on any atom is -0.379 e. The van der Waals surface area contributed by atoms with E-state index in [1.54, 1.807) is 0 Å². The number of ether oxygens (including phenoxy) is 1. The second kappa shape index (κ2) is 11.0. The average Bonchev–Trinajstić information content (AvgIpc) is 3.27. The SMILES string of the molecule is CC(=O)NCCc1ccc(C(=O)CSc2nc(CN3CCOCC3)nc3ccccc23)s1. The fourth-order valence-electron chi connectivity index (χ4n) is 3.46. The van der Waals surface area contributed by atoms with Crippen molar-refractivity contribution in [3.8, 4) is 0 Å². The summed E-state index contributed by atoms with van der Waals surface area (Å²) in [6.45, 7) is 5.98. The predicted octanol–water partition coefficient (Wildman–Crippen LogP) is 3.18. The maximum absolute atomic E-state index is 12.8. The Hall–Kier alpha value is -2.33. The highest BCUT2D eigenvalue weighted by Gasteiger charge is 2.16. The van der Waals surface area contributed by atoms with Gasteiger partial charge in [-0.1, -0.05) is 30.0 Å². The summed E-state index contributed by atoms with van der Waals surface area (Å²) < 4.78 is 5.43. The third kappa shape index (κ3) is 6.13. The molecule has 32 heavy (non-hydrogen) atoms. The van der Waals surface area contributed by atoms with Crippen molar-refractivity contribution >= 4 is 45.7 Å². The Labute approximate surface area is 195 Å². The van der Waals surface area contributed by atoms with E-state index in [0.29, 0.717) is 18.8 Å². The molecule has 0 radical (unpaired) electrons. The smallest absolute Gasteiger partial charge is 0.216 e. The van der Waals surface area contributed by atoms with Gasteiger partial charge in [-0.25, -0.2) is 9.97 Å². The molecule has 1 aliphatic heterocycles. The molecule has 1 saturated heterocycles. The average molecular weight is 471 g/mol. The van der Waals surface area contributed by atoms with Crippen LogP contribution in [0.2, 0.25) is 0 Å². The summed E-state index contributed by atoms with van der Waals surface area (Å²) >= 11 is 2.96. The van der Waals surface area contributed by atoms with Crippen LogP contribution in [-0.2, 0) is 22.5 Å². The molecular weight excluding hydrogens is 444 g/mol. The van der Waals surface area contributed by atoms with E-state index in [2.05, 4.69) is 10.2 Å². The normalized spacial score (nSPS) is 14.5. The summed E-state index contributed by atoms with van der Waals surface area (Å²) in [6.07, 6.45) is 0.728. The molecule has 0 unspecified atom stereocenters. The quantitative estimate of drug-likeness (QED) is 0.292. The zero-order valence-corrected chi connectivity index (χ0v) is 19.6. The van der Waals surface area contributed by atoms with Crippen LogP contribution in [0.25, 0.3) is 10.9 Å². The molecule has 1 aromatic carbocycles. The van der Waals surface area contributed by atoms with Gasteiger partial charge in [0.15, 0.2) is 5.78 Å². The number of amides is 1. The van der Waals surface area contributed by atoms with Crippen LogP contribution in [0.3, 0.4) is 0 Å². The number of para-hydroxylation sites is 1. The van der Waals surface area contributed by atoms with Gasteiger partial charge >= 0.3 is 0 Å². The van der Waals surface area contributed by atoms with Gasteiger partial charge in [0.25, 0.3) is 0 Å². The lowest BCUT2D eigenvalue weighted by Crippen LogP contribution is -2.36. The first-order chi connectivity index (χ1) is 15.6. The topological polar surface area (TPSA) is 84.4 Å². The molecule has 1 aliphatic rings. The highest BCUT2D eigenvalue weighted by atomic mass is 32.2. The van der Waals surface area contributed by atoms with Crippen LogP contribution < -0.4 is 5.32 Å². The maximum Gasteiger partial charge on any atom is 0.216 e. The van der Waals surface area contributed by atoms with E-state index in [9.17, 15) is 9.59 Å². The van der Waals surface area contributed by atoms with Gasteiger partial charge < -0.3 is 10.1 Å². The lowest BCUT2D eigenvalue weighted by Gasteiger charge is -2.25. The van der Waals surface area contributed by atoms with Crippen LogP contribution >= 0.6 is 23.1 Å². The van der Waals surface area contributed by atoms with Crippen molar-refractivity contribution in [2.75, 3.05) is 38.6 Å². The van der Waals surface area contributed by atoms with Crippen molar-refractivity contribution in [1.29, 1.82) is 0 Å². The minimum atomic E-state index is -0.0423. The van der Waals surface area contributed by atoms with Crippen molar-refractivity contribution in [3.05, 3.63) is 52.0 Å². The summed E-state index contributed by atoms with van der Waals surface area (Å²) in [6, 6.07) is 11.8. The van der Waals surface area contributed by atoms with Crippen LogP contribution in [0.5, 0.6) is 0 Å². The Morgan fingerprint density at radius 1 is 1.16 bits per heavy atom. The second-order valence-electron chi connectivity index (χ2n) is 7.56. The van der Waals surface area contributed by atoms with Gasteiger partial charge in [-0.15, -0.1) is 11.3 Å². The first-order valence-corrected chi connectivity index (χ1v) is 12.4. The van der Waals surface area contributed by atoms with Crippen LogP contribution in [0.4, 0.5) is 0 Å². The Morgan fingerprint density at radius 2 is 1.97 bits per heavy atom. The molecule has 168 valence electrons. The number of aromatic nitrogens is 2. The summed E-state index contributed by atoms with van der Waals surface area (Å²) in [7, 11) is 0. The van der Waals surface area contributed by atoms with E-state index in [1.165, 1.54) is 30.0 Å². The maximum atomic E-state index is 12.8. The van der Waals surface area contributed by atoms with Crippen LogP contribution in [0, 0.1) is 0 Å². The van der Waals surface area contributed by atoms with Crippen molar-refractivity contribution in [3.63, 3.8) is 0 Å². The standard InChI is InChI=1S/C23H26N4O3S2/c1-16(28)24-9-8-17-6-7-21(32-17)20(29)15-31-23-18-4-2-3-5-19(18)25-22(26-23)14-27-10-12-30-13-11-27/h2-7H,8-15H2,1H3,(H,24,28). The minimum absolute atomic E-state index is 0.0423. The Morgan fingerprint density at radius 3 is 2.78 bits per heavy atom. The van der Waals surface area contributed by atoms with Gasteiger partial charge in [0.1, 0.15) is 10.9 Å². The number of carbonyl (C=O) groups is 2. The Kier molecular flexibility index (Phi) is 7.85. The lowest BCUT2D eigenvalue weighted by molar-refractivity contribution is -0.118.